The Balaban J connectivity index is 1.77. The van der Waals surface area contributed by atoms with E-state index in [1.54, 1.807) is 30.5 Å². The van der Waals surface area contributed by atoms with Crippen LogP contribution in [0, 0.1) is 0 Å². The minimum atomic E-state index is -0.162. The molecule has 2 heterocycles. The van der Waals surface area contributed by atoms with Crippen LogP contribution in [0.25, 0.3) is 0 Å². The van der Waals surface area contributed by atoms with Crippen LogP contribution < -0.4 is 10.2 Å². The summed E-state index contributed by atoms with van der Waals surface area (Å²) in [4.78, 5) is 21.4. The molecule has 23 heavy (non-hydrogen) atoms. The Morgan fingerprint density at radius 1 is 1.13 bits per heavy atom. The molecule has 1 fully saturated rings. The summed E-state index contributed by atoms with van der Waals surface area (Å²) in [7, 11) is 2.11. The van der Waals surface area contributed by atoms with Gasteiger partial charge in [0, 0.05) is 43.0 Å². The third-order valence-electron chi connectivity index (χ3n) is 3.94. The van der Waals surface area contributed by atoms with Crippen molar-refractivity contribution >= 4 is 29.0 Å². The lowest BCUT2D eigenvalue weighted by Gasteiger charge is -2.34. The quantitative estimate of drug-likeness (QED) is 0.940. The average Bonchev–Trinajstić information content (AvgIpc) is 2.57. The summed E-state index contributed by atoms with van der Waals surface area (Å²) in [5.74, 6) is 0.660. The number of nitrogens with zero attached hydrogens (tertiary/aromatic N) is 3. The fourth-order valence-electron chi connectivity index (χ4n) is 2.56. The molecule has 0 atom stereocenters. The van der Waals surface area contributed by atoms with Gasteiger partial charge in [-0.25, -0.2) is 4.98 Å². The van der Waals surface area contributed by atoms with Crippen LogP contribution >= 0.6 is 11.6 Å². The number of nitrogens with one attached hydrogen (secondary N) is 1. The second kappa shape index (κ2) is 6.98. The third kappa shape index (κ3) is 3.81. The van der Waals surface area contributed by atoms with Crippen LogP contribution in [-0.4, -0.2) is 49.0 Å². The normalized spacial score (nSPS) is 15.5. The molecule has 1 N–H and O–H groups in total. The first-order valence-electron chi connectivity index (χ1n) is 7.59. The lowest BCUT2D eigenvalue weighted by molar-refractivity contribution is 0.102. The fourth-order valence-corrected chi connectivity index (χ4v) is 2.69. The van der Waals surface area contributed by atoms with Crippen molar-refractivity contribution in [3.8, 4) is 0 Å². The smallest absolute Gasteiger partial charge is 0.255 e. The summed E-state index contributed by atoms with van der Waals surface area (Å²) in [6.07, 6.45) is 1.76. The number of carbonyl (C=O) groups excluding carboxylic acids is 1. The van der Waals surface area contributed by atoms with Crippen LogP contribution in [0.2, 0.25) is 5.02 Å². The number of carbonyl (C=O) groups is 1. The molecular weight excluding hydrogens is 312 g/mol. The number of hydrogen-bond donors (Lipinski definition) is 1. The van der Waals surface area contributed by atoms with Gasteiger partial charge in [0.25, 0.3) is 5.91 Å². The molecule has 1 aromatic carbocycles. The van der Waals surface area contributed by atoms with E-state index in [0.29, 0.717) is 10.6 Å². The fraction of sp³-hybridized carbons (Fsp3) is 0.294. The predicted octanol–water partition coefficient (Wildman–Crippen LogP) is 2.74. The molecule has 0 radical (unpaired) electrons. The maximum absolute atomic E-state index is 12.4. The molecular formula is C17H19ClN4O. The van der Waals surface area contributed by atoms with Gasteiger partial charge in [0.15, 0.2) is 5.82 Å². The summed E-state index contributed by atoms with van der Waals surface area (Å²) >= 11 is 5.86. The van der Waals surface area contributed by atoms with Crippen molar-refractivity contribution in [3.63, 3.8) is 0 Å². The van der Waals surface area contributed by atoms with E-state index in [2.05, 4.69) is 27.1 Å². The molecule has 0 saturated carbocycles. The Morgan fingerprint density at radius 3 is 2.52 bits per heavy atom. The monoisotopic (exact) mass is 330 g/mol. The second-order valence-electron chi connectivity index (χ2n) is 5.63. The number of amides is 1. The van der Waals surface area contributed by atoms with Gasteiger partial charge in [-0.15, -0.1) is 0 Å². The molecule has 0 spiro atoms. The van der Waals surface area contributed by atoms with E-state index < -0.39 is 0 Å². The number of anilines is 2. The van der Waals surface area contributed by atoms with Gasteiger partial charge < -0.3 is 15.1 Å². The van der Waals surface area contributed by atoms with Crippen LogP contribution in [0.15, 0.2) is 42.6 Å². The Kier molecular flexibility index (Phi) is 4.79. The SMILES string of the molecule is CN1CCN(c2ncccc2NC(=O)c2ccc(Cl)cc2)CC1. The molecule has 1 saturated heterocycles. The molecule has 0 bridgehead atoms. The van der Waals surface area contributed by atoms with Gasteiger partial charge in [0.05, 0.1) is 5.69 Å². The van der Waals surface area contributed by atoms with E-state index in [1.165, 1.54) is 0 Å². The predicted molar refractivity (Wildman–Crippen MR) is 93.4 cm³/mol. The number of benzene rings is 1. The molecule has 1 aliphatic heterocycles. The van der Waals surface area contributed by atoms with Crippen molar-refractivity contribution in [1.29, 1.82) is 0 Å². The Morgan fingerprint density at radius 2 is 1.83 bits per heavy atom. The van der Waals surface area contributed by atoms with Crippen LogP contribution in [0.1, 0.15) is 10.4 Å². The number of piperazine rings is 1. The standard InChI is InChI=1S/C17H19ClN4O/c1-21-9-11-22(12-10-21)16-15(3-2-8-19-16)20-17(23)13-4-6-14(18)7-5-13/h2-8H,9-12H2,1H3,(H,20,23). The number of aromatic nitrogens is 1. The Bertz CT molecular complexity index is 681. The molecule has 120 valence electrons. The van der Waals surface area contributed by atoms with Crippen molar-refractivity contribution in [2.75, 3.05) is 43.4 Å². The van der Waals surface area contributed by atoms with Crippen LogP contribution in [0.4, 0.5) is 11.5 Å². The molecule has 5 nitrogen and oxygen atoms in total. The van der Waals surface area contributed by atoms with Gasteiger partial charge >= 0.3 is 0 Å². The zero-order chi connectivity index (χ0) is 16.2. The van der Waals surface area contributed by atoms with Crippen molar-refractivity contribution in [3.05, 3.63) is 53.2 Å². The maximum Gasteiger partial charge on any atom is 0.255 e. The molecule has 1 aromatic heterocycles. The first-order chi connectivity index (χ1) is 11.1. The molecule has 3 rings (SSSR count). The number of halogens is 1. The Hall–Kier alpha value is -2.11. The number of pyridine rings is 1. The summed E-state index contributed by atoms with van der Waals surface area (Å²) in [6, 6.07) is 10.6. The van der Waals surface area contributed by atoms with E-state index >= 15 is 0 Å². The molecule has 6 heteroatoms. The minimum absolute atomic E-state index is 0.162. The van der Waals surface area contributed by atoms with Gasteiger partial charge in [-0.05, 0) is 43.4 Å². The number of rotatable bonds is 3. The lowest BCUT2D eigenvalue weighted by Crippen LogP contribution is -2.45. The highest BCUT2D eigenvalue weighted by molar-refractivity contribution is 6.30. The van der Waals surface area contributed by atoms with E-state index in [4.69, 9.17) is 11.6 Å². The van der Waals surface area contributed by atoms with Crippen molar-refractivity contribution in [2.45, 2.75) is 0 Å². The topological polar surface area (TPSA) is 48.5 Å². The van der Waals surface area contributed by atoms with Gasteiger partial charge in [-0.3, -0.25) is 4.79 Å². The Labute approximate surface area is 140 Å². The summed E-state index contributed by atoms with van der Waals surface area (Å²) in [5, 5.41) is 3.57. The third-order valence-corrected chi connectivity index (χ3v) is 4.20. The van der Waals surface area contributed by atoms with Crippen molar-refractivity contribution in [1.82, 2.24) is 9.88 Å². The lowest BCUT2D eigenvalue weighted by atomic mass is 10.2. The molecule has 1 amide bonds. The highest BCUT2D eigenvalue weighted by atomic mass is 35.5. The molecule has 2 aromatic rings. The van der Waals surface area contributed by atoms with Crippen LogP contribution in [-0.2, 0) is 0 Å². The van der Waals surface area contributed by atoms with Gasteiger partial charge in [0.2, 0.25) is 0 Å². The first-order valence-corrected chi connectivity index (χ1v) is 7.97. The number of likely N-dealkylation sites (N-methyl/N-ethyl adjacent to an activating group) is 1. The zero-order valence-electron chi connectivity index (χ0n) is 13.0. The van der Waals surface area contributed by atoms with Gasteiger partial charge in [-0.1, -0.05) is 11.6 Å². The van der Waals surface area contributed by atoms with Crippen LogP contribution in [0.3, 0.4) is 0 Å². The largest absolute Gasteiger partial charge is 0.352 e. The maximum atomic E-state index is 12.4. The molecule has 1 aliphatic rings. The highest BCUT2D eigenvalue weighted by Crippen LogP contribution is 2.24. The van der Waals surface area contributed by atoms with Gasteiger partial charge in [-0.2, -0.15) is 0 Å². The van der Waals surface area contributed by atoms with Crippen LogP contribution in [0.5, 0.6) is 0 Å². The van der Waals surface area contributed by atoms with E-state index in [-0.39, 0.29) is 5.91 Å². The minimum Gasteiger partial charge on any atom is -0.352 e. The van der Waals surface area contributed by atoms with Crippen molar-refractivity contribution < 1.29 is 4.79 Å². The second-order valence-corrected chi connectivity index (χ2v) is 6.06. The van der Waals surface area contributed by atoms with E-state index in [1.807, 2.05) is 12.1 Å². The summed E-state index contributed by atoms with van der Waals surface area (Å²) in [5.41, 5.74) is 1.31. The molecule has 0 unspecified atom stereocenters. The highest BCUT2D eigenvalue weighted by Gasteiger charge is 2.19. The number of hydrogen-bond acceptors (Lipinski definition) is 4. The van der Waals surface area contributed by atoms with E-state index in [9.17, 15) is 4.79 Å². The van der Waals surface area contributed by atoms with Gasteiger partial charge in [0.1, 0.15) is 0 Å². The summed E-state index contributed by atoms with van der Waals surface area (Å²) in [6.45, 7) is 3.77. The molecule has 0 aliphatic carbocycles. The first kappa shape index (κ1) is 15.8. The van der Waals surface area contributed by atoms with E-state index in [0.717, 1.165) is 37.7 Å². The van der Waals surface area contributed by atoms with Crippen molar-refractivity contribution in [2.24, 2.45) is 0 Å². The summed E-state index contributed by atoms with van der Waals surface area (Å²) < 4.78 is 0. The zero-order valence-corrected chi connectivity index (χ0v) is 13.8. The average molecular weight is 331 g/mol.